The maximum absolute atomic E-state index is 10.1. The van der Waals surface area contributed by atoms with Gasteiger partial charge in [-0.1, -0.05) is 66.2 Å². The van der Waals surface area contributed by atoms with Crippen LogP contribution in [0.2, 0.25) is 0 Å². The van der Waals surface area contributed by atoms with E-state index in [1.807, 2.05) is 0 Å². The monoisotopic (exact) mass is 344 g/mol. The third kappa shape index (κ3) is 14.2. The Morgan fingerprint density at radius 1 is 0.750 bits per heavy atom. The van der Waals surface area contributed by atoms with E-state index in [0.717, 1.165) is 38.7 Å². The number of ether oxygens (including phenoxy) is 1. The highest BCUT2D eigenvalue weighted by molar-refractivity contribution is 4.69. The first-order valence-electron chi connectivity index (χ1n) is 10.0. The summed E-state index contributed by atoms with van der Waals surface area (Å²) < 4.78 is 5.25. The smallest absolute Gasteiger partial charge is 0.0540 e. The van der Waals surface area contributed by atoms with Crippen LogP contribution in [0, 0.1) is 10.8 Å². The van der Waals surface area contributed by atoms with Crippen molar-refractivity contribution in [3.05, 3.63) is 0 Å². The number of hydrogen-bond donors (Lipinski definition) is 2. The van der Waals surface area contributed by atoms with Gasteiger partial charge in [-0.2, -0.15) is 0 Å². The van der Waals surface area contributed by atoms with Gasteiger partial charge in [0.15, 0.2) is 0 Å². The Hall–Kier alpha value is -0.120. The van der Waals surface area contributed by atoms with Crippen LogP contribution in [0.4, 0.5) is 0 Å². The van der Waals surface area contributed by atoms with Crippen molar-refractivity contribution in [2.75, 3.05) is 20.3 Å². The molecule has 0 spiro atoms. The molecule has 0 rings (SSSR count). The van der Waals surface area contributed by atoms with Gasteiger partial charge in [0.2, 0.25) is 0 Å². The molecule has 2 N–H and O–H groups in total. The zero-order chi connectivity index (χ0) is 18.5. The Morgan fingerprint density at radius 3 is 1.71 bits per heavy atom. The van der Waals surface area contributed by atoms with Crippen molar-refractivity contribution in [2.24, 2.45) is 10.8 Å². The van der Waals surface area contributed by atoms with Gasteiger partial charge < -0.3 is 14.9 Å². The molecule has 0 aromatic heterocycles. The molecule has 0 aromatic carbocycles. The third-order valence-electron chi connectivity index (χ3n) is 5.11. The predicted octanol–water partition coefficient (Wildman–Crippen LogP) is 5.33. The Kier molecular flexibility index (Phi) is 13.1. The van der Waals surface area contributed by atoms with E-state index in [-0.39, 0.29) is 23.5 Å². The highest BCUT2D eigenvalue weighted by Crippen LogP contribution is 2.28. The lowest BCUT2D eigenvalue weighted by molar-refractivity contribution is 0.0954. The molecule has 3 nitrogen and oxygen atoms in total. The average Bonchev–Trinajstić information content (AvgIpc) is 2.46. The molecular formula is C21H44O3. The first-order chi connectivity index (χ1) is 11.2. The van der Waals surface area contributed by atoms with Crippen LogP contribution in [0.25, 0.3) is 0 Å². The van der Waals surface area contributed by atoms with Crippen LogP contribution in [0.15, 0.2) is 0 Å². The first kappa shape index (κ1) is 23.9. The molecule has 0 aliphatic rings. The quantitative estimate of drug-likeness (QED) is 0.372. The topological polar surface area (TPSA) is 49.7 Å². The molecule has 3 heteroatoms. The first-order valence-corrected chi connectivity index (χ1v) is 10.0. The number of aliphatic hydroxyl groups is 2. The lowest BCUT2D eigenvalue weighted by Gasteiger charge is -2.23. The molecular weight excluding hydrogens is 300 g/mol. The number of unbranched alkanes of at least 4 members (excludes halogenated alkanes) is 4. The number of rotatable bonds is 16. The van der Waals surface area contributed by atoms with Gasteiger partial charge in [0.25, 0.3) is 0 Å². The van der Waals surface area contributed by atoms with Gasteiger partial charge in [0, 0.05) is 13.7 Å². The molecule has 0 aliphatic carbocycles. The third-order valence-corrected chi connectivity index (χ3v) is 5.11. The molecule has 146 valence electrons. The summed E-state index contributed by atoms with van der Waals surface area (Å²) in [4.78, 5) is 0. The van der Waals surface area contributed by atoms with E-state index >= 15 is 0 Å². The van der Waals surface area contributed by atoms with Crippen LogP contribution >= 0.6 is 0 Å². The number of aliphatic hydroxyl groups excluding tert-OH is 2. The van der Waals surface area contributed by atoms with Gasteiger partial charge in [-0.05, 0) is 42.9 Å². The van der Waals surface area contributed by atoms with Gasteiger partial charge in [0.05, 0.1) is 12.7 Å². The van der Waals surface area contributed by atoms with Crippen molar-refractivity contribution in [1.82, 2.24) is 0 Å². The average molecular weight is 345 g/mol. The molecule has 0 heterocycles. The van der Waals surface area contributed by atoms with Crippen molar-refractivity contribution in [3.8, 4) is 0 Å². The van der Waals surface area contributed by atoms with Gasteiger partial charge >= 0.3 is 0 Å². The number of methoxy groups -OCH3 is 1. The second-order valence-corrected chi connectivity index (χ2v) is 9.09. The molecule has 0 fully saturated rings. The van der Waals surface area contributed by atoms with Crippen molar-refractivity contribution in [1.29, 1.82) is 0 Å². The second kappa shape index (κ2) is 13.1. The van der Waals surface area contributed by atoms with E-state index in [0.29, 0.717) is 0 Å². The Labute approximate surface area is 151 Å². The van der Waals surface area contributed by atoms with Gasteiger partial charge in [0.1, 0.15) is 0 Å². The Bertz CT molecular complexity index is 259. The molecule has 0 aliphatic heterocycles. The Balaban J connectivity index is 3.52. The highest BCUT2D eigenvalue weighted by atomic mass is 16.5. The van der Waals surface area contributed by atoms with Crippen LogP contribution in [0.3, 0.4) is 0 Å². The minimum Gasteiger partial charge on any atom is -0.396 e. The van der Waals surface area contributed by atoms with Crippen LogP contribution in [-0.4, -0.2) is 36.6 Å². The van der Waals surface area contributed by atoms with E-state index in [2.05, 4.69) is 27.7 Å². The summed E-state index contributed by atoms with van der Waals surface area (Å²) in [6, 6.07) is 0. The minimum atomic E-state index is -0.123. The molecule has 24 heavy (non-hydrogen) atoms. The van der Waals surface area contributed by atoms with Crippen LogP contribution < -0.4 is 0 Å². The standard InChI is InChI=1S/C21H44O3/c1-20(2,16-17-22)14-10-6-8-12-19(23)13-9-7-11-15-21(3,4)18-24-5/h19,22-23H,6-18H2,1-5H3. The van der Waals surface area contributed by atoms with E-state index in [1.54, 1.807) is 7.11 Å². The molecule has 1 atom stereocenters. The second-order valence-electron chi connectivity index (χ2n) is 9.09. The zero-order valence-electron chi connectivity index (χ0n) is 17.1. The SMILES string of the molecule is COCC(C)(C)CCCCCC(O)CCCCCC(C)(C)CCO. The van der Waals surface area contributed by atoms with E-state index in [1.165, 1.54) is 38.5 Å². The van der Waals surface area contributed by atoms with Crippen LogP contribution in [0.1, 0.15) is 98.3 Å². The summed E-state index contributed by atoms with van der Waals surface area (Å²) in [5.74, 6) is 0. The molecule has 0 aromatic rings. The van der Waals surface area contributed by atoms with E-state index in [9.17, 15) is 5.11 Å². The highest BCUT2D eigenvalue weighted by Gasteiger charge is 2.17. The van der Waals surface area contributed by atoms with Crippen LogP contribution in [-0.2, 0) is 4.74 Å². The zero-order valence-corrected chi connectivity index (χ0v) is 17.1. The van der Waals surface area contributed by atoms with Crippen molar-refractivity contribution < 1.29 is 14.9 Å². The van der Waals surface area contributed by atoms with Gasteiger partial charge in [-0.3, -0.25) is 0 Å². The summed E-state index contributed by atoms with van der Waals surface area (Å²) in [6.45, 7) is 10.1. The van der Waals surface area contributed by atoms with Gasteiger partial charge in [-0.25, -0.2) is 0 Å². The van der Waals surface area contributed by atoms with Crippen molar-refractivity contribution in [2.45, 2.75) is 104 Å². The van der Waals surface area contributed by atoms with Crippen LogP contribution in [0.5, 0.6) is 0 Å². The summed E-state index contributed by atoms with van der Waals surface area (Å²) in [7, 11) is 1.77. The predicted molar refractivity (Wildman–Crippen MR) is 103 cm³/mol. The summed E-state index contributed by atoms with van der Waals surface area (Å²) in [6.07, 6.45) is 12.1. The fourth-order valence-electron chi connectivity index (χ4n) is 3.36. The van der Waals surface area contributed by atoms with Gasteiger partial charge in [-0.15, -0.1) is 0 Å². The van der Waals surface area contributed by atoms with Crippen molar-refractivity contribution in [3.63, 3.8) is 0 Å². The molecule has 0 saturated heterocycles. The maximum atomic E-state index is 10.1. The number of hydrogen-bond acceptors (Lipinski definition) is 3. The summed E-state index contributed by atoms with van der Waals surface area (Å²) in [5.41, 5.74) is 0.529. The normalized spacial score (nSPS) is 14.1. The molecule has 1 unspecified atom stereocenters. The minimum absolute atomic E-state index is 0.123. The molecule has 0 amide bonds. The van der Waals surface area contributed by atoms with E-state index in [4.69, 9.17) is 9.84 Å². The summed E-state index contributed by atoms with van der Waals surface area (Å²) >= 11 is 0. The van der Waals surface area contributed by atoms with Crippen molar-refractivity contribution >= 4 is 0 Å². The lowest BCUT2D eigenvalue weighted by Crippen LogP contribution is -2.18. The maximum Gasteiger partial charge on any atom is 0.0540 e. The molecule has 0 radical (unpaired) electrons. The molecule has 0 bridgehead atoms. The fourth-order valence-corrected chi connectivity index (χ4v) is 3.36. The largest absolute Gasteiger partial charge is 0.396 e. The van der Waals surface area contributed by atoms with E-state index < -0.39 is 0 Å². The molecule has 0 saturated carbocycles. The Morgan fingerprint density at radius 2 is 1.25 bits per heavy atom. The summed E-state index contributed by atoms with van der Waals surface area (Å²) in [5, 5.41) is 19.1. The fraction of sp³-hybridized carbons (Fsp3) is 1.00. The lowest BCUT2D eigenvalue weighted by atomic mass is 9.84.